The van der Waals surface area contributed by atoms with Crippen molar-refractivity contribution in [2.75, 3.05) is 30.8 Å². The molecule has 4 amide bonds. The van der Waals surface area contributed by atoms with Gasteiger partial charge in [-0.25, -0.2) is 9.69 Å². The van der Waals surface area contributed by atoms with Gasteiger partial charge in [0.25, 0.3) is 5.91 Å². The first-order chi connectivity index (χ1) is 16.2. The number of likely N-dealkylation sites (tertiary alicyclic amines) is 1. The standard InChI is InChI=1S/C24H24Cl2N4O4/c1-28-23(34)30(19-11-16(25)10-17(26)12-19)22(33)24(28)14-29(21(32)4-2-3-9-31)13-20(24)15-5-7-18(27)8-6-15/h5-12,20H,2-4,13-14,27H2,1H3/t20-,24+/m0/s1. The van der Waals surface area contributed by atoms with Crippen LogP contribution in [0.5, 0.6) is 0 Å². The number of rotatable bonds is 6. The average Bonchev–Trinajstić information content (AvgIpc) is 3.27. The fraction of sp³-hybridized carbons (Fsp3) is 0.333. The minimum atomic E-state index is -1.32. The van der Waals surface area contributed by atoms with E-state index in [0.29, 0.717) is 22.2 Å². The number of anilines is 2. The topological polar surface area (TPSA) is 104 Å². The van der Waals surface area contributed by atoms with Crippen LogP contribution in [0.3, 0.4) is 0 Å². The molecule has 10 heteroatoms. The average molecular weight is 503 g/mol. The number of amides is 4. The Morgan fingerprint density at radius 1 is 1.15 bits per heavy atom. The summed E-state index contributed by atoms with van der Waals surface area (Å²) in [5.74, 6) is -1.11. The molecule has 0 bridgehead atoms. The Hall–Kier alpha value is -3.10. The summed E-state index contributed by atoms with van der Waals surface area (Å²) in [5, 5.41) is 0.584. The van der Waals surface area contributed by atoms with Crippen LogP contribution >= 0.6 is 23.2 Å². The number of carbonyl (C=O) groups is 4. The van der Waals surface area contributed by atoms with Crippen LogP contribution in [0.2, 0.25) is 10.0 Å². The maximum absolute atomic E-state index is 14.0. The van der Waals surface area contributed by atoms with Crippen molar-refractivity contribution in [3.8, 4) is 0 Å². The third-order valence-electron chi connectivity index (χ3n) is 6.57. The minimum absolute atomic E-state index is 0.0356. The molecule has 8 nitrogen and oxygen atoms in total. The van der Waals surface area contributed by atoms with Gasteiger partial charge < -0.3 is 20.3 Å². The number of hydrogen-bond donors (Lipinski definition) is 1. The van der Waals surface area contributed by atoms with E-state index in [1.54, 1.807) is 24.1 Å². The molecule has 2 aromatic rings. The smallest absolute Gasteiger partial charge is 0.332 e. The monoisotopic (exact) mass is 502 g/mol. The summed E-state index contributed by atoms with van der Waals surface area (Å²) in [7, 11) is 1.57. The summed E-state index contributed by atoms with van der Waals surface area (Å²) >= 11 is 12.3. The largest absolute Gasteiger partial charge is 0.399 e. The number of aldehydes is 1. The van der Waals surface area contributed by atoms with Crippen LogP contribution in [-0.4, -0.2) is 59.6 Å². The molecule has 2 saturated heterocycles. The van der Waals surface area contributed by atoms with Crippen molar-refractivity contribution in [1.29, 1.82) is 0 Å². The predicted octanol–water partition coefficient (Wildman–Crippen LogP) is 3.71. The number of likely N-dealkylation sites (N-methyl/N-ethyl adjacent to an activating group) is 1. The molecule has 2 aliphatic rings. The van der Waals surface area contributed by atoms with Gasteiger partial charge in [0.1, 0.15) is 11.8 Å². The van der Waals surface area contributed by atoms with Gasteiger partial charge in [0.05, 0.1) is 12.2 Å². The molecule has 2 aliphatic heterocycles. The van der Waals surface area contributed by atoms with Crippen molar-refractivity contribution in [2.24, 2.45) is 0 Å². The number of halogens is 2. The number of hydrogen-bond acceptors (Lipinski definition) is 5. The van der Waals surface area contributed by atoms with Gasteiger partial charge in [-0.05, 0) is 42.3 Å². The van der Waals surface area contributed by atoms with E-state index < -0.39 is 23.4 Å². The molecular formula is C24H24Cl2N4O4. The summed E-state index contributed by atoms with van der Waals surface area (Å²) in [6.07, 6.45) is 1.67. The number of carbonyl (C=O) groups excluding carboxylic acids is 4. The number of imide groups is 1. The molecule has 34 heavy (non-hydrogen) atoms. The van der Waals surface area contributed by atoms with Gasteiger partial charge in [0, 0.05) is 48.1 Å². The lowest BCUT2D eigenvalue weighted by atomic mass is 9.80. The van der Waals surface area contributed by atoms with E-state index in [2.05, 4.69) is 0 Å². The van der Waals surface area contributed by atoms with Crippen LogP contribution in [0, 0.1) is 0 Å². The molecular weight excluding hydrogens is 479 g/mol. The van der Waals surface area contributed by atoms with Gasteiger partial charge in [0.2, 0.25) is 5.91 Å². The fourth-order valence-electron chi connectivity index (χ4n) is 4.83. The molecule has 0 saturated carbocycles. The molecule has 0 unspecified atom stereocenters. The Kier molecular flexibility index (Phi) is 6.55. The highest BCUT2D eigenvalue weighted by Gasteiger charge is 2.64. The zero-order chi connectivity index (χ0) is 24.6. The van der Waals surface area contributed by atoms with Crippen LogP contribution in [0.25, 0.3) is 0 Å². The minimum Gasteiger partial charge on any atom is -0.399 e. The molecule has 0 radical (unpaired) electrons. The van der Waals surface area contributed by atoms with Gasteiger partial charge in [-0.3, -0.25) is 9.59 Å². The maximum Gasteiger partial charge on any atom is 0.332 e. The molecule has 2 fully saturated rings. The Labute approximate surface area is 207 Å². The highest BCUT2D eigenvalue weighted by atomic mass is 35.5. The number of nitrogens with zero attached hydrogens (tertiary/aromatic N) is 3. The number of urea groups is 1. The van der Waals surface area contributed by atoms with Gasteiger partial charge in [-0.15, -0.1) is 0 Å². The molecule has 4 rings (SSSR count). The molecule has 0 aromatic heterocycles. The highest BCUT2D eigenvalue weighted by molar-refractivity contribution is 6.35. The summed E-state index contributed by atoms with van der Waals surface area (Å²) in [4.78, 5) is 55.1. The second-order valence-electron chi connectivity index (χ2n) is 8.59. The zero-order valence-corrected chi connectivity index (χ0v) is 20.1. The van der Waals surface area contributed by atoms with Gasteiger partial charge in [0.15, 0.2) is 0 Å². The predicted molar refractivity (Wildman–Crippen MR) is 130 cm³/mol. The van der Waals surface area contributed by atoms with E-state index in [9.17, 15) is 19.2 Å². The first-order valence-electron chi connectivity index (χ1n) is 10.8. The van der Waals surface area contributed by atoms with E-state index in [0.717, 1.165) is 16.7 Å². The van der Waals surface area contributed by atoms with Crippen LogP contribution in [-0.2, 0) is 14.4 Å². The Balaban J connectivity index is 1.77. The van der Waals surface area contributed by atoms with Crippen molar-refractivity contribution < 1.29 is 19.2 Å². The van der Waals surface area contributed by atoms with Crippen molar-refractivity contribution in [1.82, 2.24) is 9.80 Å². The third-order valence-corrected chi connectivity index (χ3v) is 7.01. The Morgan fingerprint density at radius 3 is 2.41 bits per heavy atom. The first-order valence-corrected chi connectivity index (χ1v) is 11.6. The molecule has 2 heterocycles. The van der Waals surface area contributed by atoms with Crippen LogP contribution in [0.4, 0.5) is 16.2 Å². The molecule has 178 valence electrons. The van der Waals surface area contributed by atoms with E-state index in [4.69, 9.17) is 28.9 Å². The summed E-state index contributed by atoms with van der Waals surface area (Å²) in [6, 6.07) is 11.1. The molecule has 2 N–H and O–H groups in total. The summed E-state index contributed by atoms with van der Waals surface area (Å²) in [6.45, 7) is 0.283. The highest BCUT2D eigenvalue weighted by Crippen LogP contribution is 2.46. The number of nitrogens with two attached hydrogens (primary N) is 1. The lowest BCUT2D eigenvalue weighted by molar-refractivity contribution is -0.131. The number of benzene rings is 2. The van der Waals surface area contributed by atoms with Crippen molar-refractivity contribution in [3.05, 3.63) is 58.1 Å². The third kappa shape index (κ3) is 4.01. The first kappa shape index (κ1) is 24.0. The van der Waals surface area contributed by atoms with Crippen LogP contribution in [0.15, 0.2) is 42.5 Å². The van der Waals surface area contributed by atoms with Crippen LogP contribution in [0.1, 0.15) is 30.7 Å². The van der Waals surface area contributed by atoms with Gasteiger partial charge >= 0.3 is 6.03 Å². The quantitative estimate of drug-likeness (QED) is 0.280. The lowest BCUT2D eigenvalue weighted by Crippen LogP contribution is -2.54. The molecule has 2 atom stereocenters. The van der Waals surface area contributed by atoms with Crippen molar-refractivity contribution in [3.63, 3.8) is 0 Å². The summed E-state index contributed by atoms with van der Waals surface area (Å²) in [5.41, 5.74) is 6.16. The van der Waals surface area contributed by atoms with E-state index in [1.807, 2.05) is 12.1 Å². The van der Waals surface area contributed by atoms with Crippen molar-refractivity contribution >= 4 is 58.7 Å². The Bertz CT molecular complexity index is 1140. The molecule has 0 aliphatic carbocycles. The van der Waals surface area contributed by atoms with Crippen molar-refractivity contribution in [2.45, 2.75) is 30.7 Å². The second-order valence-corrected chi connectivity index (χ2v) is 9.46. The van der Waals surface area contributed by atoms with E-state index in [-0.39, 0.29) is 37.5 Å². The molecule has 2 aromatic carbocycles. The molecule has 1 spiro atoms. The summed E-state index contributed by atoms with van der Waals surface area (Å²) < 4.78 is 0. The van der Waals surface area contributed by atoms with Crippen LogP contribution < -0.4 is 10.6 Å². The van der Waals surface area contributed by atoms with Gasteiger partial charge in [-0.1, -0.05) is 35.3 Å². The fourth-order valence-corrected chi connectivity index (χ4v) is 5.34. The maximum atomic E-state index is 14.0. The normalized spacial score (nSPS) is 22.2. The zero-order valence-electron chi connectivity index (χ0n) is 18.5. The lowest BCUT2D eigenvalue weighted by Gasteiger charge is -2.33. The Morgan fingerprint density at radius 2 is 1.79 bits per heavy atom. The van der Waals surface area contributed by atoms with E-state index in [1.165, 1.54) is 23.1 Å². The van der Waals surface area contributed by atoms with Gasteiger partial charge in [-0.2, -0.15) is 0 Å². The second kappa shape index (κ2) is 9.27. The van der Waals surface area contributed by atoms with E-state index >= 15 is 0 Å². The number of nitrogen functional groups attached to an aromatic ring is 1. The number of unbranched alkanes of at least 4 members (excludes halogenated alkanes) is 1. The SMILES string of the molecule is CN1C(=O)N(c2cc(Cl)cc(Cl)c2)C(=O)[C@]12CN(C(=O)CCCC=O)C[C@H]2c1ccc(N)cc1.